The number of amides is 1. The van der Waals surface area contributed by atoms with Gasteiger partial charge in [-0.2, -0.15) is 0 Å². The van der Waals surface area contributed by atoms with Crippen molar-refractivity contribution in [2.24, 2.45) is 11.7 Å². The normalized spacial score (nSPS) is 11.3. The average molecular weight is 218 g/mol. The minimum Gasteiger partial charge on any atom is -0.364 e. The van der Waals surface area contributed by atoms with Gasteiger partial charge in [0.2, 0.25) is 0 Å². The van der Waals surface area contributed by atoms with Gasteiger partial charge < -0.3 is 5.73 Å². The predicted octanol–water partition coefficient (Wildman–Crippen LogP) is 0.971. The van der Waals surface area contributed by atoms with Crippen LogP contribution >= 0.6 is 0 Å². The number of hydrogen-bond acceptors (Lipinski definition) is 3. The lowest BCUT2D eigenvalue weighted by Crippen LogP contribution is -2.16. The number of carbonyl (C=O) groups excluding carboxylic acids is 1. The highest BCUT2D eigenvalue weighted by Gasteiger charge is 2.25. The molecule has 0 unspecified atom stereocenters. The lowest BCUT2D eigenvalue weighted by Gasteiger charge is -2.08. The van der Waals surface area contributed by atoms with Gasteiger partial charge in [0.25, 0.3) is 12.3 Å². The van der Waals surface area contributed by atoms with Crippen LogP contribution in [0.1, 0.15) is 36.5 Å². The molecule has 0 atom stereocenters. The molecule has 0 bridgehead atoms. The third-order valence-electron chi connectivity index (χ3n) is 1.75. The molecule has 1 rings (SSSR count). The van der Waals surface area contributed by atoms with Crippen molar-refractivity contribution in [2.45, 2.75) is 26.8 Å². The Morgan fingerprint density at radius 3 is 2.53 bits per heavy atom. The van der Waals surface area contributed by atoms with Crippen molar-refractivity contribution in [2.75, 3.05) is 0 Å². The van der Waals surface area contributed by atoms with Gasteiger partial charge in [0.15, 0.2) is 5.69 Å². The number of nitrogens with zero attached hydrogens (tertiary/aromatic N) is 3. The Labute approximate surface area is 85.2 Å². The van der Waals surface area contributed by atoms with Crippen molar-refractivity contribution in [3.63, 3.8) is 0 Å². The van der Waals surface area contributed by atoms with Gasteiger partial charge in [0.1, 0.15) is 5.69 Å². The summed E-state index contributed by atoms with van der Waals surface area (Å²) < 4.78 is 26.3. The zero-order chi connectivity index (χ0) is 11.6. The number of rotatable bonds is 4. The fourth-order valence-corrected chi connectivity index (χ4v) is 1.19. The van der Waals surface area contributed by atoms with Crippen LogP contribution in [0.5, 0.6) is 0 Å². The minimum absolute atomic E-state index is 0.130. The van der Waals surface area contributed by atoms with E-state index in [1.807, 2.05) is 13.8 Å². The summed E-state index contributed by atoms with van der Waals surface area (Å²) in [6.07, 6.45) is -2.80. The van der Waals surface area contributed by atoms with Crippen molar-refractivity contribution in [3.8, 4) is 0 Å². The van der Waals surface area contributed by atoms with Crippen molar-refractivity contribution >= 4 is 5.91 Å². The van der Waals surface area contributed by atoms with Crippen LogP contribution in [-0.2, 0) is 6.54 Å². The first-order chi connectivity index (χ1) is 6.93. The number of aromatic nitrogens is 3. The molecule has 15 heavy (non-hydrogen) atoms. The third kappa shape index (κ3) is 2.48. The van der Waals surface area contributed by atoms with Crippen molar-refractivity contribution in [1.29, 1.82) is 0 Å². The van der Waals surface area contributed by atoms with E-state index >= 15 is 0 Å². The van der Waals surface area contributed by atoms with E-state index in [9.17, 15) is 13.6 Å². The van der Waals surface area contributed by atoms with Gasteiger partial charge in [-0.3, -0.25) is 4.79 Å². The van der Waals surface area contributed by atoms with Gasteiger partial charge in [-0.25, -0.2) is 13.5 Å². The molecule has 0 aliphatic carbocycles. The average Bonchev–Trinajstić information content (AvgIpc) is 2.46. The highest BCUT2D eigenvalue weighted by Crippen LogP contribution is 2.21. The quantitative estimate of drug-likeness (QED) is 0.818. The van der Waals surface area contributed by atoms with Gasteiger partial charge >= 0.3 is 0 Å². The molecule has 0 saturated heterocycles. The summed E-state index contributed by atoms with van der Waals surface area (Å²) in [6, 6.07) is 0. The van der Waals surface area contributed by atoms with Crippen LogP contribution in [0.3, 0.4) is 0 Å². The number of alkyl halides is 2. The fraction of sp³-hybridized carbons (Fsp3) is 0.625. The number of nitrogens with two attached hydrogens (primary N) is 1. The highest BCUT2D eigenvalue weighted by molar-refractivity contribution is 5.91. The Morgan fingerprint density at radius 1 is 1.53 bits per heavy atom. The molecule has 1 aromatic heterocycles. The number of carbonyl (C=O) groups is 1. The molecule has 0 spiro atoms. The third-order valence-corrected chi connectivity index (χ3v) is 1.75. The van der Waals surface area contributed by atoms with Crippen LogP contribution in [0.25, 0.3) is 0 Å². The molecule has 5 nitrogen and oxygen atoms in total. The van der Waals surface area contributed by atoms with Crippen LogP contribution < -0.4 is 5.73 Å². The van der Waals surface area contributed by atoms with E-state index in [0.717, 1.165) is 4.68 Å². The van der Waals surface area contributed by atoms with Crippen LogP contribution in [0.15, 0.2) is 0 Å². The Balaban J connectivity index is 3.12. The van der Waals surface area contributed by atoms with Crippen molar-refractivity contribution in [1.82, 2.24) is 15.0 Å². The summed E-state index contributed by atoms with van der Waals surface area (Å²) in [5.74, 6) is -0.856. The maximum Gasteiger partial charge on any atom is 0.282 e. The second-order valence-corrected chi connectivity index (χ2v) is 3.56. The first-order valence-electron chi connectivity index (χ1n) is 4.44. The summed E-state index contributed by atoms with van der Waals surface area (Å²) >= 11 is 0. The molecule has 0 radical (unpaired) electrons. The monoisotopic (exact) mass is 218 g/mol. The maximum atomic E-state index is 12.6. The molecule has 7 heteroatoms. The lowest BCUT2D eigenvalue weighted by atomic mass is 10.2. The van der Waals surface area contributed by atoms with E-state index < -0.39 is 23.7 Å². The molecule has 1 aromatic rings. The van der Waals surface area contributed by atoms with Crippen LogP contribution in [-0.4, -0.2) is 20.9 Å². The molecule has 0 saturated carbocycles. The van der Waals surface area contributed by atoms with Crippen molar-refractivity contribution in [3.05, 3.63) is 11.4 Å². The molecule has 2 N–H and O–H groups in total. The largest absolute Gasteiger partial charge is 0.364 e. The second-order valence-electron chi connectivity index (χ2n) is 3.56. The smallest absolute Gasteiger partial charge is 0.282 e. The van der Waals surface area contributed by atoms with Crippen LogP contribution in [0.4, 0.5) is 8.78 Å². The van der Waals surface area contributed by atoms with Gasteiger partial charge in [-0.15, -0.1) is 5.10 Å². The van der Waals surface area contributed by atoms with E-state index in [1.54, 1.807) is 0 Å². The Bertz CT molecular complexity index is 362. The lowest BCUT2D eigenvalue weighted by molar-refractivity contribution is 0.0976. The molecule has 0 fully saturated rings. The summed E-state index contributed by atoms with van der Waals surface area (Å²) in [5.41, 5.74) is 3.95. The van der Waals surface area contributed by atoms with E-state index in [1.165, 1.54) is 0 Å². The molecule has 84 valence electrons. The number of primary amides is 1. The van der Waals surface area contributed by atoms with E-state index in [0.29, 0.717) is 0 Å². The van der Waals surface area contributed by atoms with Crippen molar-refractivity contribution < 1.29 is 13.6 Å². The molecule has 0 aliphatic rings. The summed E-state index contributed by atoms with van der Waals surface area (Å²) in [4.78, 5) is 10.8. The van der Waals surface area contributed by atoms with E-state index in [4.69, 9.17) is 5.73 Å². The Kier molecular flexibility index (Phi) is 3.33. The van der Waals surface area contributed by atoms with Crippen LogP contribution in [0, 0.1) is 5.92 Å². The molecule has 1 heterocycles. The first kappa shape index (κ1) is 11.5. The zero-order valence-corrected chi connectivity index (χ0v) is 8.44. The van der Waals surface area contributed by atoms with Gasteiger partial charge in [0.05, 0.1) is 0 Å². The molecule has 0 aliphatic heterocycles. The van der Waals surface area contributed by atoms with Gasteiger partial charge in [0, 0.05) is 6.54 Å². The predicted molar refractivity (Wildman–Crippen MR) is 48.3 cm³/mol. The minimum atomic E-state index is -2.80. The Morgan fingerprint density at radius 2 is 2.13 bits per heavy atom. The maximum absolute atomic E-state index is 12.6. The Hall–Kier alpha value is -1.53. The molecular weight excluding hydrogens is 206 g/mol. The van der Waals surface area contributed by atoms with Gasteiger partial charge in [-0.05, 0) is 5.92 Å². The topological polar surface area (TPSA) is 73.8 Å². The highest BCUT2D eigenvalue weighted by atomic mass is 19.3. The SMILES string of the molecule is CC(C)Cn1nnc(C(N)=O)c1C(F)F. The van der Waals surface area contributed by atoms with Crippen LogP contribution in [0.2, 0.25) is 0 Å². The first-order valence-corrected chi connectivity index (χ1v) is 4.44. The fourth-order valence-electron chi connectivity index (χ4n) is 1.19. The van der Waals surface area contributed by atoms with Gasteiger partial charge in [-0.1, -0.05) is 19.1 Å². The van der Waals surface area contributed by atoms with E-state index in [2.05, 4.69) is 10.3 Å². The molecule has 1 amide bonds. The van der Waals surface area contributed by atoms with E-state index in [-0.39, 0.29) is 12.5 Å². The summed E-state index contributed by atoms with van der Waals surface area (Å²) in [6.45, 7) is 3.97. The molecular formula is C8H12F2N4O. The molecule has 0 aromatic carbocycles. The summed E-state index contributed by atoms with van der Waals surface area (Å²) in [5, 5.41) is 6.83. The number of halogens is 2. The summed E-state index contributed by atoms with van der Waals surface area (Å²) in [7, 11) is 0. The zero-order valence-electron chi connectivity index (χ0n) is 8.44. The standard InChI is InChI=1S/C8H12F2N4O/c1-4(2)3-14-6(7(9)10)5(8(11)15)12-13-14/h4,7H,3H2,1-2H3,(H2,11,15). The second kappa shape index (κ2) is 4.33. The number of hydrogen-bond donors (Lipinski definition) is 1.